The summed E-state index contributed by atoms with van der Waals surface area (Å²) in [5, 5.41) is 0. The molecule has 2 N–H and O–H groups in total. The maximum atomic E-state index is 6.12. The van der Waals surface area contributed by atoms with Gasteiger partial charge in [0.05, 0.1) is 0 Å². The average Bonchev–Trinajstić information content (AvgIpc) is 2.43. The van der Waals surface area contributed by atoms with Crippen LogP contribution in [0.1, 0.15) is 84.5 Å². The minimum Gasteiger partial charge on any atom is -0.416 e. The van der Waals surface area contributed by atoms with Crippen LogP contribution >= 0.6 is 0 Å². The van der Waals surface area contributed by atoms with E-state index in [-0.39, 0.29) is 5.67 Å². The molecule has 3 heteroatoms. The Bertz CT molecular complexity index is 209. The maximum Gasteiger partial charge on any atom is 0.202 e. The Balaban J connectivity index is 3.28. The third kappa shape index (κ3) is 10.9. The van der Waals surface area contributed by atoms with Crippen molar-refractivity contribution >= 4 is 8.32 Å². The molecule has 0 aliphatic heterocycles. The van der Waals surface area contributed by atoms with Gasteiger partial charge in [0.25, 0.3) is 0 Å². The van der Waals surface area contributed by atoms with Crippen LogP contribution in [0.3, 0.4) is 0 Å². The van der Waals surface area contributed by atoms with Crippen LogP contribution in [0.2, 0.25) is 13.1 Å². The lowest BCUT2D eigenvalue weighted by Gasteiger charge is -2.28. The van der Waals surface area contributed by atoms with Crippen LogP contribution in [0.25, 0.3) is 0 Å². The molecule has 1 atom stereocenters. The summed E-state index contributed by atoms with van der Waals surface area (Å²) in [7, 11) is -1.62. The molecular weight excluding hydrogens is 262 g/mol. The molecule has 0 aromatic carbocycles. The zero-order valence-corrected chi connectivity index (χ0v) is 15.5. The van der Waals surface area contributed by atoms with Gasteiger partial charge in [-0.15, -0.1) is 0 Å². The van der Waals surface area contributed by atoms with E-state index in [0.717, 1.165) is 13.0 Å². The predicted octanol–water partition coefficient (Wildman–Crippen LogP) is 5.41. The van der Waals surface area contributed by atoms with Crippen LogP contribution in [-0.2, 0) is 4.43 Å². The molecule has 0 aromatic heterocycles. The first-order valence-electron chi connectivity index (χ1n) is 8.94. The summed E-state index contributed by atoms with van der Waals surface area (Å²) in [6, 6.07) is 0. The van der Waals surface area contributed by atoms with Gasteiger partial charge >= 0.3 is 0 Å². The van der Waals surface area contributed by atoms with E-state index < -0.39 is 8.32 Å². The highest BCUT2D eigenvalue weighted by Crippen LogP contribution is 2.14. The molecule has 0 rings (SSSR count). The molecule has 0 saturated heterocycles. The fourth-order valence-electron chi connectivity index (χ4n) is 2.52. The smallest absolute Gasteiger partial charge is 0.202 e. The van der Waals surface area contributed by atoms with Gasteiger partial charge in [-0.05, 0) is 25.9 Å². The number of nitrogens with two attached hydrogens (primary N) is 1. The van der Waals surface area contributed by atoms with Gasteiger partial charge in [0.1, 0.15) is 0 Å². The molecule has 0 spiro atoms. The highest BCUT2D eigenvalue weighted by atomic mass is 28.4. The molecule has 122 valence electrons. The number of hydrogen-bond acceptors (Lipinski definition) is 2. The molecule has 0 bridgehead atoms. The summed E-state index contributed by atoms with van der Waals surface area (Å²) in [4.78, 5) is 0. The van der Waals surface area contributed by atoms with Gasteiger partial charge in [-0.25, -0.2) is 0 Å². The number of hydrogen-bond donors (Lipinski definition) is 1. The van der Waals surface area contributed by atoms with Crippen molar-refractivity contribution in [3.05, 3.63) is 0 Å². The normalized spacial score (nSPS) is 13.7. The van der Waals surface area contributed by atoms with E-state index in [1.165, 1.54) is 64.2 Å². The maximum absolute atomic E-state index is 6.12. The molecule has 0 aromatic rings. The van der Waals surface area contributed by atoms with Gasteiger partial charge in [0, 0.05) is 12.3 Å². The second-order valence-corrected chi connectivity index (χ2v) is 10.9. The Morgan fingerprint density at radius 3 is 1.70 bits per heavy atom. The standard InChI is InChI=1S/C17H39NOSi/c1-5-7-8-9-10-11-12-13-14-15-16-19-20(3,4)17(18)6-2/h17H,5-16,18H2,1-4H3. The van der Waals surface area contributed by atoms with Gasteiger partial charge in [0.15, 0.2) is 0 Å². The van der Waals surface area contributed by atoms with Crippen LogP contribution in [0.15, 0.2) is 0 Å². The Morgan fingerprint density at radius 1 is 0.800 bits per heavy atom. The van der Waals surface area contributed by atoms with Crippen molar-refractivity contribution in [1.82, 2.24) is 0 Å². The van der Waals surface area contributed by atoms with E-state index in [9.17, 15) is 0 Å². The summed E-state index contributed by atoms with van der Waals surface area (Å²) in [5.41, 5.74) is 6.40. The predicted molar refractivity (Wildman–Crippen MR) is 93.5 cm³/mol. The van der Waals surface area contributed by atoms with Crippen molar-refractivity contribution < 1.29 is 4.43 Å². The fourth-order valence-corrected chi connectivity index (χ4v) is 4.39. The molecule has 0 amide bonds. The third-order valence-electron chi connectivity index (χ3n) is 4.30. The number of rotatable bonds is 14. The third-order valence-corrected chi connectivity index (χ3v) is 7.45. The second-order valence-electron chi connectivity index (χ2n) is 6.65. The van der Waals surface area contributed by atoms with Crippen molar-refractivity contribution in [2.24, 2.45) is 5.73 Å². The van der Waals surface area contributed by atoms with Crippen molar-refractivity contribution in [1.29, 1.82) is 0 Å². The van der Waals surface area contributed by atoms with Crippen molar-refractivity contribution in [2.75, 3.05) is 6.61 Å². The largest absolute Gasteiger partial charge is 0.416 e. The SMILES string of the molecule is CCCCCCCCCCCCO[Si](C)(C)C(N)CC. The number of unbranched alkanes of at least 4 members (excludes halogenated alkanes) is 9. The Labute approximate surface area is 129 Å². The minimum atomic E-state index is -1.62. The van der Waals surface area contributed by atoms with Crippen LogP contribution in [-0.4, -0.2) is 20.6 Å². The van der Waals surface area contributed by atoms with E-state index in [2.05, 4.69) is 26.9 Å². The van der Waals surface area contributed by atoms with E-state index in [4.69, 9.17) is 10.2 Å². The molecule has 0 radical (unpaired) electrons. The van der Waals surface area contributed by atoms with Crippen molar-refractivity contribution in [2.45, 2.75) is 103 Å². The average molecular weight is 302 g/mol. The molecule has 0 saturated carbocycles. The molecule has 0 aliphatic carbocycles. The zero-order chi connectivity index (χ0) is 15.3. The summed E-state index contributed by atoms with van der Waals surface area (Å²) >= 11 is 0. The summed E-state index contributed by atoms with van der Waals surface area (Å²) in [6.07, 6.45) is 14.8. The molecule has 0 heterocycles. The van der Waals surface area contributed by atoms with E-state index in [0.29, 0.717) is 0 Å². The van der Waals surface area contributed by atoms with Gasteiger partial charge < -0.3 is 10.2 Å². The van der Waals surface area contributed by atoms with Crippen LogP contribution < -0.4 is 5.73 Å². The van der Waals surface area contributed by atoms with Crippen LogP contribution in [0.4, 0.5) is 0 Å². The molecular formula is C17H39NOSi. The Morgan fingerprint density at radius 2 is 1.25 bits per heavy atom. The minimum absolute atomic E-state index is 0.283. The van der Waals surface area contributed by atoms with Crippen LogP contribution in [0, 0.1) is 0 Å². The first-order valence-corrected chi connectivity index (χ1v) is 11.9. The highest BCUT2D eigenvalue weighted by Gasteiger charge is 2.29. The lowest BCUT2D eigenvalue weighted by molar-refractivity contribution is 0.286. The topological polar surface area (TPSA) is 35.2 Å². The molecule has 0 fully saturated rings. The van der Waals surface area contributed by atoms with Crippen molar-refractivity contribution in [3.63, 3.8) is 0 Å². The second kappa shape index (κ2) is 12.8. The van der Waals surface area contributed by atoms with Gasteiger partial charge in [-0.1, -0.05) is 71.6 Å². The van der Waals surface area contributed by atoms with Gasteiger partial charge in [-0.3, -0.25) is 0 Å². The molecule has 2 nitrogen and oxygen atoms in total. The van der Waals surface area contributed by atoms with E-state index in [1.54, 1.807) is 0 Å². The first kappa shape index (κ1) is 20.1. The zero-order valence-electron chi connectivity index (χ0n) is 14.5. The van der Waals surface area contributed by atoms with E-state index in [1.807, 2.05) is 0 Å². The first-order chi connectivity index (χ1) is 9.54. The molecule has 20 heavy (non-hydrogen) atoms. The molecule has 0 aliphatic rings. The van der Waals surface area contributed by atoms with Crippen molar-refractivity contribution in [3.8, 4) is 0 Å². The lowest BCUT2D eigenvalue weighted by Crippen LogP contribution is -2.50. The summed E-state index contributed by atoms with van der Waals surface area (Å²) in [5.74, 6) is 0. The van der Waals surface area contributed by atoms with Crippen LogP contribution in [0.5, 0.6) is 0 Å². The summed E-state index contributed by atoms with van der Waals surface area (Å²) in [6.45, 7) is 9.85. The fraction of sp³-hybridized carbons (Fsp3) is 1.00. The Kier molecular flexibility index (Phi) is 12.9. The van der Waals surface area contributed by atoms with Gasteiger partial charge in [-0.2, -0.15) is 0 Å². The van der Waals surface area contributed by atoms with E-state index >= 15 is 0 Å². The monoisotopic (exact) mass is 301 g/mol. The highest BCUT2D eigenvalue weighted by molar-refractivity contribution is 6.72. The van der Waals surface area contributed by atoms with Gasteiger partial charge in [0.2, 0.25) is 8.32 Å². The lowest BCUT2D eigenvalue weighted by atomic mass is 10.1. The quantitative estimate of drug-likeness (QED) is 0.344. The summed E-state index contributed by atoms with van der Waals surface area (Å²) < 4.78 is 6.07. The molecule has 1 unspecified atom stereocenters. The Hall–Kier alpha value is 0.137.